The Labute approximate surface area is 120 Å². The molecular formula is C15H24N2O3. The fraction of sp³-hybridized carbons (Fsp3) is 0.600. The maximum absolute atomic E-state index is 12.2. The molecular weight excluding hydrogens is 256 g/mol. The van der Waals surface area contributed by atoms with Crippen LogP contribution in [0.4, 0.5) is 0 Å². The predicted molar refractivity (Wildman–Crippen MR) is 78.0 cm³/mol. The quantitative estimate of drug-likeness (QED) is 0.814. The van der Waals surface area contributed by atoms with Crippen molar-refractivity contribution in [2.75, 3.05) is 6.61 Å². The van der Waals surface area contributed by atoms with E-state index in [0.29, 0.717) is 35.0 Å². The van der Waals surface area contributed by atoms with Crippen LogP contribution in [0.2, 0.25) is 0 Å². The SMILES string of the molecule is CCOC(=O)c1c(C)[nH]c(C(=O)NC(C)C(C)C)c1C. The Kier molecular flexibility index (Phi) is 5.36. The lowest BCUT2D eigenvalue weighted by atomic mass is 10.1. The summed E-state index contributed by atoms with van der Waals surface area (Å²) < 4.78 is 5.01. The van der Waals surface area contributed by atoms with Crippen LogP contribution in [0.1, 0.15) is 59.8 Å². The van der Waals surface area contributed by atoms with E-state index in [1.165, 1.54) is 0 Å². The average molecular weight is 280 g/mol. The number of nitrogens with one attached hydrogen (secondary N) is 2. The number of aryl methyl sites for hydroxylation is 1. The van der Waals surface area contributed by atoms with Gasteiger partial charge in [-0.05, 0) is 39.2 Å². The van der Waals surface area contributed by atoms with Crippen molar-refractivity contribution in [3.05, 3.63) is 22.5 Å². The van der Waals surface area contributed by atoms with Gasteiger partial charge < -0.3 is 15.0 Å². The summed E-state index contributed by atoms with van der Waals surface area (Å²) in [4.78, 5) is 27.1. The van der Waals surface area contributed by atoms with E-state index in [0.717, 1.165) is 0 Å². The van der Waals surface area contributed by atoms with Gasteiger partial charge in [0.05, 0.1) is 12.2 Å². The zero-order valence-corrected chi connectivity index (χ0v) is 13.1. The first-order chi connectivity index (χ1) is 9.29. The summed E-state index contributed by atoms with van der Waals surface area (Å²) in [7, 11) is 0. The number of H-pyrrole nitrogens is 1. The van der Waals surface area contributed by atoms with Crippen molar-refractivity contribution in [2.24, 2.45) is 5.92 Å². The molecule has 0 aromatic carbocycles. The Morgan fingerprint density at radius 2 is 1.85 bits per heavy atom. The average Bonchev–Trinajstić information content (AvgIpc) is 2.64. The van der Waals surface area contributed by atoms with Crippen molar-refractivity contribution in [3.8, 4) is 0 Å². The summed E-state index contributed by atoms with van der Waals surface area (Å²) >= 11 is 0. The molecule has 0 spiro atoms. The molecule has 0 saturated heterocycles. The topological polar surface area (TPSA) is 71.2 Å². The predicted octanol–water partition coefficient (Wildman–Crippen LogP) is 2.58. The number of esters is 1. The molecule has 0 radical (unpaired) electrons. The molecule has 1 aromatic heterocycles. The van der Waals surface area contributed by atoms with Gasteiger partial charge in [-0.15, -0.1) is 0 Å². The summed E-state index contributed by atoms with van der Waals surface area (Å²) in [6.07, 6.45) is 0. The monoisotopic (exact) mass is 280 g/mol. The molecule has 20 heavy (non-hydrogen) atoms. The van der Waals surface area contributed by atoms with Crippen molar-refractivity contribution < 1.29 is 14.3 Å². The molecule has 0 bridgehead atoms. The largest absolute Gasteiger partial charge is 0.462 e. The molecule has 112 valence electrons. The fourth-order valence-corrected chi connectivity index (χ4v) is 1.93. The smallest absolute Gasteiger partial charge is 0.340 e. The normalized spacial score (nSPS) is 12.3. The van der Waals surface area contributed by atoms with Gasteiger partial charge in [-0.3, -0.25) is 4.79 Å². The highest BCUT2D eigenvalue weighted by atomic mass is 16.5. The van der Waals surface area contributed by atoms with Crippen LogP contribution in [-0.2, 0) is 4.74 Å². The number of rotatable bonds is 5. The van der Waals surface area contributed by atoms with E-state index < -0.39 is 5.97 Å². The highest BCUT2D eigenvalue weighted by Gasteiger charge is 2.23. The van der Waals surface area contributed by atoms with Gasteiger partial charge in [0, 0.05) is 11.7 Å². The Morgan fingerprint density at radius 1 is 1.25 bits per heavy atom. The number of amides is 1. The van der Waals surface area contributed by atoms with Crippen molar-refractivity contribution >= 4 is 11.9 Å². The molecule has 1 atom stereocenters. The Hall–Kier alpha value is -1.78. The molecule has 0 saturated carbocycles. The third-order valence-corrected chi connectivity index (χ3v) is 3.50. The van der Waals surface area contributed by atoms with Gasteiger partial charge in [0.25, 0.3) is 5.91 Å². The van der Waals surface area contributed by atoms with Gasteiger partial charge in [-0.1, -0.05) is 13.8 Å². The molecule has 1 amide bonds. The standard InChI is InChI=1S/C15H24N2O3/c1-7-20-15(19)12-9(4)13(16-11(12)6)14(18)17-10(5)8(2)3/h8,10,16H,7H2,1-6H3,(H,17,18). The molecule has 2 N–H and O–H groups in total. The molecule has 0 aliphatic carbocycles. The van der Waals surface area contributed by atoms with Gasteiger partial charge in [0.2, 0.25) is 0 Å². The van der Waals surface area contributed by atoms with Crippen LogP contribution >= 0.6 is 0 Å². The summed E-state index contributed by atoms with van der Waals surface area (Å²) in [5.41, 5.74) is 2.17. The van der Waals surface area contributed by atoms with Gasteiger partial charge >= 0.3 is 5.97 Å². The van der Waals surface area contributed by atoms with Crippen molar-refractivity contribution in [2.45, 2.75) is 47.6 Å². The van der Waals surface area contributed by atoms with Crippen LogP contribution in [0.15, 0.2) is 0 Å². The Balaban J connectivity index is 3.01. The number of carbonyl (C=O) groups is 2. The lowest BCUT2D eigenvalue weighted by Gasteiger charge is -2.17. The van der Waals surface area contributed by atoms with Gasteiger partial charge in [-0.25, -0.2) is 4.79 Å². The first-order valence-corrected chi connectivity index (χ1v) is 6.96. The van der Waals surface area contributed by atoms with Crippen molar-refractivity contribution in [1.82, 2.24) is 10.3 Å². The molecule has 1 aromatic rings. The van der Waals surface area contributed by atoms with Crippen LogP contribution in [-0.4, -0.2) is 29.5 Å². The van der Waals surface area contributed by atoms with E-state index in [4.69, 9.17) is 4.74 Å². The van der Waals surface area contributed by atoms with E-state index in [2.05, 4.69) is 10.3 Å². The van der Waals surface area contributed by atoms with E-state index in [9.17, 15) is 9.59 Å². The molecule has 1 rings (SSSR count). The summed E-state index contributed by atoms with van der Waals surface area (Å²) in [5.74, 6) is -0.239. The number of carbonyl (C=O) groups excluding carboxylic acids is 2. The maximum Gasteiger partial charge on any atom is 0.340 e. The van der Waals surface area contributed by atoms with E-state index in [1.54, 1.807) is 20.8 Å². The molecule has 0 fully saturated rings. The minimum Gasteiger partial charge on any atom is -0.462 e. The minimum atomic E-state index is -0.394. The van der Waals surface area contributed by atoms with Crippen LogP contribution < -0.4 is 5.32 Å². The fourth-order valence-electron chi connectivity index (χ4n) is 1.93. The van der Waals surface area contributed by atoms with Crippen LogP contribution in [0, 0.1) is 19.8 Å². The van der Waals surface area contributed by atoms with Crippen LogP contribution in [0.25, 0.3) is 0 Å². The van der Waals surface area contributed by atoms with Crippen LogP contribution in [0.5, 0.6) is 0 Å². The second-order valence-electron chi connectivity index (χ2n) is 5.35. The minimum absolute atomic E-state index is 0.0662. The molecule has 5 heteroatoms. The van der Waals surface area contributed by atoms with Crippen LogP contribution in [0.3, 0.4) is 0 Å². The molecule has 5 nitrogen and oxygen atoms in total. The number of hydrogen-bond donors (Lipinski definition) is 2. The number of ether oxygens (including phenoxy) is 1. The summed E-state index contributed by atoms with van der Waals surface area (Å²) in [5, 5.41) is 2.93. The number of aromatic nitrogens is 1. The highest BCUT2D eigenvalue weighted by molar-refractivity contribution is 6.00. The Morgan fingerprint density at radius 3 is 2.35 bits per heavy atom. The third kappa shape index (κ3) is 3.40. The van der Waals surface area contributed by atoms with Crippen molar-refractivity contribution in [3.63, 3.8) is 0 Å². The highest BCUT2D eigenvalue weighted by Crippen LogP contribution is 2.19. The lowest BCUT2D eigenvalue weighted by Crippen LogP contribution is -2.36. The lowest BCUT2D eigenvalue weighted by molar-refractivity contribution is 0.0525. The Bertz CT molecular complexity index is 503. The van der Waals surface area contributed by atoms with Gasteiger partial charge in [0.1, 0.15) is 5.69 Å². The van der Waals surface area contributed by atoms with Gasteiger partial charge in [-0.2, -0.15) is 0 Å². The summed E-state index contributed by atoms with van der Waals surface area (Å²) in [6.45, 7) is 11.6. The second-order valence-corrected chi connectivity index (χ2v) is 5.35. The second kappa shape index (κ2) is 6.59. The van der Waals surface area contributed by atoms with E-state index in [1.807, 2.05) is 20.8 Å². The van der Waals surface area contributed by atoms with E-state index >= 15 is 0 Å². The first-order valence-electron chi connectivity index (χ1n) is 6.96. The number of hydrogen-bond acceptors (Lipinski definition) is 3. The molecule has 0 aliphatic heterocycles. The van der Waals surface area contributed by atoms with Crippen molar-refractivity contribution in [1.29, 1.82) is 0 Å². The third-order valence-electron chi connectivity index (χ3n) is 3.50. The zero-order chi connectivity index (χ0) is 15.4. The summed E-state index contributed by atoms with van der Waals surface area (Å²) in [6, 6.07) is 0.0662. The zero-order valence-electron chi connectivity index (χ0n) is 13.1. The van der Waals surface area contributed by atoms with Gasteiger partial charge in [0.15, 0.2) is 0 Å². The first kappa shape index (κ1) is 16.3. The number of aromatic amines is 1. The van der Waals surface area contributed by atoms with E-state index in [-0.39, 0.29) is 11.9 Å². The molecule has 1 heterocycles. The molecule has 0 aliphatic rings. The molecule has 1 unspecified atom stereocenters. The maximum atomic E-state index is 12.2.